The Hall–Kier alpha value is -1.91. The smallest absolute Gasteiger partial charge is 0.307 e. The van der Waals surface area contributed by atoms with Crippen molar-refractivity contribution in [1.29, 1.82) is 0 Å². The van der Waals surface area contributed by atoms with Gasteiger partial charge in [-0.1, -0.05) is 19.1 Å². The van der Waals surface area contributed by atoms with Crippen molar-refractivity contribution in [3.63, 3.8) is 0 Å². The molecule has 1 aromatic carbocycles. The molecule has 3 rings (SSSR count). The maximum atomic E-state index is 13.2. The van der Waals surface area contributed by atoms with Crippen molar-refractivity contribution >= 4 is 11.9 Å². The normalized spacial score (nSPS) is 27.4. The molecule has 0 aromatic heterocycles. The number of carboxylic acids is 1. The molecule has 1 aliphatic carbocycles. The van der Waals surface area contributed by atoms with Crippen LogP contribution in [0, 0.1) is 29.5 Å². The Bertz CT molecular complexity index is 591. The van der Waals surface area contributed by atoms with Gasteiger partial charge in [-0.15, -0.1) is 0 Å². The number of rotatable bonds is 5. The zero-order valence-corrected chi connectivity index (χ0v) is 12.5. The Morgan fingerprint density at radius 3 is 2.64 bits per heavy atom. The van der Waals surface area contributed by atoms with E-state index in [9.17, 15) is 14.0 Å². The number of fused-ring (bicyclic) bond motifs is 1. The number of likely N-dealkylation sites (tertiary alicyclic amines) is 1. The van der Waals surface area contributed by atoms with Crippen molar-refractivity contribution < 1.29 is 19.1 Å². The van der Waals surface area contributed by atoms with Gasteiger partial charge in [0.15, 0.2) is 0 Å². The van der Waals surface area contributed by atoms with Crippen LogP contribution >= 0.6 is 0 Å². The second-order valence-corrected chi connectivity index (χ2v) is 6.63. The third kappa shape index (κ3) is 2.98. The van der Waals surface area contributed by atoms with E-state index < -0.39 is 5.97 Å². The summed E-state index contributed by atoms with van der Waals surface area (Å²) in [5.74, 6) is -0.701. The zero-order valence-electron chi connectivity index (χ0n) is 12.5. The number of amides is 1. The fourth-order valence-electron chi connectivity index (χ4n) is 3.66. The molecule has 1 heterocycles. The third-order valence-electron chi connectivity index (χ3n) is 4.83. The molecule has 1 amide bonds. The standard InChI is InChI=1S/C17H20FNO3/c1-10(5-11-3-2-4-12(18)7-11)6-15(20)19-8-13-14(9-19)16(13)17(21)22/h2-4,7,10,13-14,16H,5-6,8-9H2,1H3,(H,21,22)/t10?,13-,14+,16?. The Labute approximate surface area is 128 Å². The largest absolute Gasteiger partial charge is 0.481 e. The fraction of sp³-hybridized carbons (Fsp3) is 0.529. The van der Waals surface area contributed by atoms with Gasteiger partial charge in [0.1, 0.15) is 5.82 Å². The number of benzene rings is 1. The first kappa shape index (κ1) is 15.0. The molecule has 2 aliphatic rings. The minimum atomic E-state index is -0.735. The van der Waals surface area contributed by atoms with E-state index in [0.717, 1.165) is 5.56 Å². The third-order valence-corrected chi connectivity index (χ3v) is 4.83. The summed E-state index contributed by atoms with van der Waals surface area (Å²) in [5.41, 5.74) is 0.899. The maximum absolute atomic E-state index is 13.2. The molecule has 4 nitrogen and oxygen atoms in total. The highest BCUT2D eigenvalue weighted by Gasteiger charge is 2.60. The van der Waals surface area contributed by atoms with E-state index in [-0.39, 0.29) is 35.4 Å². The summed E-state index contributed by atoms with van der Waals surface area (Å²) in [7, 11) is 0. The van der Waals surface area contributed by atoms with Gasteiger partial charge in [0.05, 0.1) is 5.92 Å². The monoisotopic (exact) mass is 305 g/mol. The number of aliphatic carboxylic acids is 1. The van der Waals surface area contributed by atoms with Crippen LogP contribution in [-0.4, -0.2) is 35.0 Å². The Morgan fingerprint density at radius 2 is 2.05 bits per heavy atom. The molecule has 1 saturated heterocycles. The lowest BCUT2D eigenvalue weighted by atomic mass is 9.97. The van der Waals surface area contributed by atoms with E-state index in [1.165, 1.54) is 12.1 Å². The second-order valence-electron chi connectivity index (χ2n) is 6.63. The Kier molecular flexibility index (Phi) is 3.89. The number of hydrogen-bond donors (Lipinski definition) is 1. The van der Waals surface area contributed by atoms with Crippen LogP contribution in [0.1, 0.15) is 18.9 Å². The summed E-state index contributed by atoms with van der Waals surface area (Å²) < 4.78 is 13.2. The number of carbonyl (C=O) groups is 2. The summed E-state index contributed by atoms with van der Waals surface area (Å²) in [6.45, 7) is 3.14. The summed E-state index contributed by atoms with van der Waals surface area (Å²) in [6, 6.07) is 6.46. The molecule has 22 heavy (non-hydrogen) atoms. The Morgan fingerprint density at radius 1 is 1.36 bits per heavy atom. The topological polar surface area (TPSA) is 57.6 Å². The van der Waals surface area contributed by atoms with Crippen LogP contribution in [0.3, 0.4) is 0 Å². The van der Waals surface area contributed by atoms with Gasteiger partial charge in [-0.3, -0.25) is 9.59 Å². The Balaban J connectivity index is 1.48. The molecule has 118 valence electrons. The van der Waals surface area contributed by atoms with Gasteiger partial charge < -0.3 is 10.0 Å². The molecule has 2 unspecified atom stereocenters. The first-order valence-corrected chi connectivity index (χ1v) is 7.70. The van der Waals surface area contributed by atoms with E-state index in [4.69, 9.17) is 5.11 Å². The van der Waals surface area contributed by atoms with Gasteiger partial charge in [-0.2, -0.15) is 0 Å². The number of nitrogens with zero attached hydrogens (tertiary/aromatic N) is 1. The predicted octanol–water partition coefficient (Wildman–Crippen LogP) is 2.18. The quantitative estimate of drug-likeness (QED) is 0.907. The molecule has 0 spiro atoms. The summed E-state index contributed by atoms with van der Waals surface area (Å²) in [4.78, 5) is 25.0. The van der Waals surface area contributed by atoms with Gasteiger partial charge >= 0.3 is 5.97 Å². The van der Waals surface area contributed by atoms with Crippen LogP contribution in [0.25, 0.3) is 0 Å². The van der Waals surface area contributed by atoms with Crippen LogP contribution in [-0.2, 0) is 16.0 Å². The molecule has 1 aliphatic heterocycles. The minimum Gasteiger partial charge on any atom is -0.481 e. The van der Waals surface area contributed by atoms with Crippen molar-refractivity contribution in [1.82, 2.24) is 4.90 Å². The van der Waals surface area contributed by atoms with Crippen LogP contribution in [0.2, 0.25) is 0 Å². The molecule has 0 bridgehead atoms. The van der Waals surface area contributed by atoms with E-state index >= 15 is 0 Å². The first-order valence-electron chi connectivity index (χ1n) is 7.70. The van der Waals surface area contributed by atoms with Crippen molar-refractivity contribution in [2.45, 2.75) is 19.8 Å². The van der Waals surface area contributed by atoms with E-state index in [0.29, 0.717) is 25.9 Å². The minimum absolute atomic E-state index is 0.0836. The number of carboxylic acid groups (broad SMARTS) is 1. The second kappa shape index (κ2) is 5.71. The van der Waals surface area contributed by atoms with E-state index in [1.54, 1.807) is 11.0 Å². The van der Waals surface area contributed by atoms with E-state index in [2.05, 4.69) is 0 Å². The molecular formula is C17H20FNO3. The zero-order chi connectivity index (χ0) is 15.9. The number of carbonyl (C=O) groups excluding carboxylic acids is 1. The number of halogens is 1. The van der Waals surface area contributed by atoms with Gasteiger partial charge in [-0.05, 0) is 41.9 Å². The highest BCUT2D eigenvalue weighted by molar-refractivity contribution is 5.79. The first-order chi connectivity index (χ1) is 10.5. The number of piperidine rings is 1. The summed E-state index contributed by atoms with van der Waals surface area (Å²) >= 11 is 0. The predicted molar refractivity (Wildman–Crippen MR) is 78.6 cm³/mol. The molecule has 2 fully saturated rings. The molecule has 4 atom stereocenters. The molecule has 0 radical (unpaired) electrons. The highest BCUT2D eigenvalue weighted by Crippen LogP contribution is 2.51. The molecule has 1 N–H and O–H groups in total. The SMILES string of the molecule is CC(CC(=O)N1C[C@@H]2C(C(=O)O)[C@@H]2C1)Cc1cccc(F)c1. The average molecular weight is 305 g/mol. The fourth-order valence-corrected chi connectivity index (χ4v) is 3.66. The molecule has 5 heteroatoms. The molecule has 1 saturated carbocycles. The molecule has 1 aromatic rings. The lowest BCUT2D eigenvalue weighted by Crippen LogP contribution is -2.33. The van der Waals surface area contributed by atoms with Crippen LogP contribution < -0.4 is 0 Å². The lowest BCUT2D eigenvalue weighted by Gasteiger charge is -2.21. The van der Waals surface area contributed by atoms with Gasteiger partial charge in [0.2, 0.25) is 5.91 Å². The van der Waals surface area contributed by atoms with Crippen LogP contribution in [0.4, 0.5) is 4.39 Å². The lowest BCUT2D eigenvalue weighted by molar-refractivity contribution is -0.141. The van der Waals surface area contributed by atoms with Crippen molar-refractivity contribution in [3.05, 3.63) is 35.6 Å². The van der Waals surface area contributed by atoms with Crippen LogP contribution in [0.5, 0.6) is 0 Å². The summed E-state index contributed by atoms with van der Waals surface area (Å²) in [5, 5.41) is 8.98. The van der Waals surface area contributed by atoms with Gasteiger partial charge in [0.25, 0.3) is 0 Å². The van der Waals surface area contributed by atoms with Crippen molar-refractivity contribution in [2.24, 2.45) is 23.7 Å². The van der Waals surface area contributed by atoms with E-state index in [1.807, 2.05) is 13.0 Å². The molecular weight excluding hydrogens is 285 g/mol. The van der Waals surface area contributed by atoms with Crippen LogP contribution in [0.15, 0.2) is 24.3 Å². The average Bonchev–Trinajstić information content (AvgIpc) is 2.94. The van der Waals surface area contributed by atoms with Gasteiger partial charge in [0, 0.05) is 19.5 Å². The number of hydrogen-bond acceptors (Lipinski definition) is 2. The maximum Gasteiger partial charge on any atom is 0.307 e. The summed E-state index contributed by atoms with van der Waals surface area (Å²) in [6.07, 6.45) is 1.09. The van der Waals surface area contributed by atoms with Gasteiger partial charge in [-0.25, -0.2) is 4.39 Å². The highest BCUT2D eigenvalue weighted by atomic mass is 19.1. The van der Waals surface area contributed by atoms with Crippen molar-refractivity contribution in [3.8, 4) is 0 Å². The van der Waals surface area contributed by atoms with Crippen molar-refractivity contribution in [2.75, 3.05) is 13.1 Å².